The maximum Gasteiger partial charge on any atom is 0.331 e. The van der Waals surface area contributed by atoms with Crippen LogP contribution in [0.3, 0.4) is 0 Å². The van der Waals surface area contributed by atoms with Gasteiger partial charge in [0.15, 0.2) is 6.61 Å². The van der Waals surface area contributed by atoms with E-state index < -0.39 is 16.0 Å². The van der Waals surface area contributed by atoms with E-state index in [9.17, 15) is 13.2 Å². The molecule has 4 rings (SSSR count). The van der Waals surface area contributed by atoms with Gasteiger partial charge in [-0.05, 0) is 55.7 Å². The van der Waals surface area contributed by atoms with Crippen LogP contribution < -0.4 is 4.31 Å². The molecule has 0 radical (unpaired) electrons. The number of hydrogen-bond donors (Lipinski definition) is 0. The summed E-state index contributed by atoms with van der Waals surface area (Å²) in [6.07, 6.45) is 3.55. The molecule has 0 amide bonds. The van der Waals surface area contributed by atoms with E-state index in [0.717, 1.165) is 16.9 Å². The van der Waals surface area contributed by atoms with Crippen molar-refractivity contribution in [1.29, 1.82) is 0 Å². The first-order chi connectivity index (χ1) is 14.8. The van der Waals surface area contributed by atoms with Crippen LogP contribution in [0.25, 0.3) is 6.08 Å². The zero-order valence-corrected chi connectivity index (χ0v) is 18.1. The van der Waals surface area contributed by atoms with Gasteiger partial charge in [0.1, 0.15) is 5.76 Å². The third-order valence-electron chi connectivity index (χ3n) is 5.14. The van der Waals surface area contributed by atoms with Crippen molar-refractivity contribution >= 4 is 27.8 Å². The normalized spacial score (nSPS) is 13.5. The second-order valence-electron chi connectivity index (χ2n) is 7.22. The second kappa shape index (κ2) is 8.39. The Bertz CT molecular complexity index is 1220. The van der Waals surface area contributed by atoms with Gasteiger partial charge in [-0.2, -0.15) is 0 Å². The van der Waals surface area contributed by atoms with E-state index in [1.807, 2.05) is 31.2 Å². The van der Waals surface area contributed by atoms with Crippen molar-refractivity contribution in [1.82, 2.24) is 4.98 Å². The van der Waals surface area contributed by atoms with Crippen LogP contribution in [-0.4, -0.2) is 25.9 Å². The van der Waals surface area contributed by atoms with E-state index in [4.69, 9.17) is 9.15 Å². The molecule has 160 valence electrons. The molecule has 31 heavy (non-hydrogen) atoms. The average molecular weight is 439 g/mol. The lowest BCUT2D eigenvalue weighted by atomic mass is 10.2. The van der Waals surface area contributed by atoms with Crippen LogP contribution in [0, 0.1) is 13.8 Å². The highest BCUT2D eigenvalue weighted by Gasteiger charge is 2.30. The lowest BCUT2D eigenvalue weighted by molar-refractivity contribution is -0.139. The van der Waals surface area contributed by atoms with Gasteiger partial charge < -0.3 is 9.15 Å². The number of carbonyl (C=O) groups is 1. The van der Waals surface area contributed by atoms with Gasteiger partial charge in [0.25, 0.3) is 10.0 Å². The predicted octanol–water partition coefficient (Wildman–Crippen LogP) is 3.80. The standard InChI is InChI=1S/C23H22N2O5S/c1-16-17(2)30-22(24-16)15-29-23(26)12-9-18-7-10-20(11-8-18)31(27,28)25-14-13-19-5-3-4-6-21(19)25/h3-12H,13-15H2,1-2H3/b12-9+. The number of nitrogens with zero attached hydrogens (tertiary/aromatic N) is 2. The third-order valence-corrected chi connectivity index (χ3v) is 6.96. The van der Waals surface area contributed by atoms with Crippen LogP contribution in [0.15, 0.2) is 63.9 Å². The summed E-state index contributed by atoms with van der Waals surface area (Å²) < 4.78 is 38.0. The Kier molecular flexibility index (Phi) is 5.65. The zero-order valence-electron chi connectivity index (χ0n) is 17.2. The van der Waals surface area contributed by atoms with E-state index in [2.05, 4.69) is 4.98 Å². The molecular formula is C23H22N2O5S. The number of benzene rings is 2. The van der Waals surface area contributed by atoms with Crippen LogP contribution in [0.4, 0.5) is 5.69 Å². The molecule has 1 aromatic heterocycles. The van der Waals surface area contributed by atoms with Gasteiger partial charge in [0.05, 0.1) is 16.3 Å². The van der Waals surface area contributed by atoms with Crippen LogP contribution in [-0.2, 0) is 32.6 Å². The second-order valence-corrected chi connectivity index (χ2v) is 9.08. The van der Waals surface area contributed by atoms with Crippen molar-refractivity contribution in [3.05, 3.63) is 83.1 Å². The topological polar surface area (TPSA) is 89.7 Å². The van der Waals surface area contributed by atoms with Crippen molar-refractivity contribution in [2.75, 3.05) is 10.8 Å². The molecule has 0 fully saturated rings. The van der Waals surface area contributed by atoms with E-state index in [1.54, 1.807) is 37.3 Å². The first-order valence-electron chi connectivity index (χ1n) is 9.83. The summed E-state index contributed by atoms with van der Waals surface area (Å²) in [6, 6.07) is 13.9. The van der Waals surface area contributed by atoms with E-state index in [-0.39, 0.29) is 11.5 Å². The minimum atomic E-state index is -3.64. The molecule has 3 aromatic rings. The smallest absolute Gasteiger partial charge is 0.331 e. The van der Waals surface area contributed by atoms with E-state index >= 15 is 0 Å². The maximum absolute atomic E-state index is 13.0. The van der Waals surface area contributed by atoms with Crippen molar-refractivity contribution < 1.29 is 22.4 Å². The molecule has 0 aliphatic carbocycles. The predicted molar refractivity (Wildman–Crippen MR) is 116 cm³/mol. The molecule has 0 atom stereocenters. The maximum atomic E-state index is 13.0. The largest absolute Gasteiger partial charge is 0.453 e. The SMILES string of the molecule is Cc1nc(COC(=O)/C=C/c2ccc(S(=O)(=O)N3CCc4ccccc43)cc2)oc1C. The van der Waals surface area contributed by atoms with E-state index in [1.165, 1.54) is 10.4 Å². The molecule has 0 saturated heterocycles. The highest BCUT2D eigenvalue weighted by molar-refractivity contribution is 7.92. The zero-order chi connectivity index (χ0) is 22.0. The number of fused-ring (bicyclic) bond motifs is 1. The summed E-state index contributed by atoms with van der Waals surface area (Å²) in [5, 5.41) is 0. The number of sulfonamides is 1. The molecule has 2 aromatic carbocycles. The van der Waals surface area contributed by atoms with Crippen LogP contribution >= 0.6 is 0 Å². The number of carbonyl (C=O) groups excluding carboxylic acids is 1. The molecule has 0 unspecified atom stereocenters. The van der Waals surface area contributed by atoms with Crippen molar-refractivity contribution in [3.8, 4) is 0 Å². The summed E-state index contributed by atoms with van der Waals surface area (Å²) in [5.41, 5.74) is 3.19. The Labute approximate surface area is 181 Å². The van der Waals surface area contributed by atoms with Crippen LogP contribution in [0.1, 0.15) is 28.5 Å². The Morgan fingerprint density at radius 3 is 2.61 bits per heavy atom. The van der Waals surface area contributed by atoms with Gasteiger partial charge in [-0.1, -0.05) is 30.3 Å². The Hall–Kier alpha value is -3.39. The molecule has 0 spiro atoms. The van der Waals surface area contributed by atoms with Gasteiger partial charge in [-0.15, -0.1) is 0 Å². The molecule has 2 heterocycles. The fraction of sp³-hybridized carbons (Fsp3) is 0.217. The number of rotatable bonds is 6. The first kappa shape index (κ1) is 20.9. The van der Waals surface area contributed by atoms with Crippen LogP contribution in [0.5, 0.6) is 0 Å². The van der Waals surface area contributed by atoms with Gasteiger partial charge in [0, 0.05) is 12.6 Å². The number of oxazole rings is 1. The molecule has 1 aliphatic rings. The van der Waals surface area contributed by atoms with Gasteiger partial charge >= 0.3 is 5.97 Å². The van der Waals surface area contributed by atoms with Crippen molar-refractivity contribution in [2.24, 2.45) is 0 Å². The fourth-order valence-electron chi connectivity index (χ4n) is 3.38. The number of esters is 1. The number of aryl methyl sites for hydroxylation is 2. The van der Waals surface area contributed by atoms with Crippen molar-refractivity contribution in [2.45, 2.75) is 31.8 Å². The Morgan fingerprint density at radius 2 is 1.90 bits per heavy atom. The summed E-state index contributed by atoms with van der Waals surface area (Å²) >= 11 is 0. The average Bonchev–Trinajstić information content (AvgIpc) is 3.34. The summed E-state index contributed by atoms with van der Waals surface area (Å²) in [7, 11) is -3.64. The number of para-hydroxylation sites is 1. The number of anilines is 1. The minimum Gasteiger partial charge on any atom is -0.453 e. The van der Waals surface area contributed by atoms with Gasteiger partial charge in [-0.3, -0.25) is 4.31 Å². The molecule has 0 N–H and O–H groups in total. The monoisotopic (exact) mass is 438 g/mol. The molecular weight excluding hydrogens is 416 g/mol. The number of hydrogen-bond acceptors (Lipinski definition) is 6. The van der Waals surface area contributed by atoms with Crippen LogP contribution in [0.2, 0.25) is 0 Å². The highest BCUT2D eigenvalue weighted by Crippen LogP contribution is 2.32. The Morgan fingerprint density at radius 1 is 1.16 bits per heavy atom. The number of aromatic nitrogens is 1. The third kappa shape index (κ3) is 4.39. The fourth-order valence-corrected chi connectivity index (χ4v) is 4.89. The highest BCUT2D eigenvalue weighted by atomic mass is 32.2. The number of ether oxygens (including phenoxy) is 1. The van der Waals surface area contributed by atoms with Gasteiger partial charge in [0.2, 0.25) is 5.89 Å². The molecule has 0 bridgehead atoms. The minimum absolute atomic E-state index is 0.0493. The summed E-state index contributed by atoms with van der Waals surface area (Å²) in [4.78, 5) is 16.3. The van der Waals surface area contributed by atoms with Crippen molar-refractivity contribution in [3.63, 3.8) is 0 Å². The lowest BCUT2D eigenvalue weighted by Crippen LogP contribution is -2.29. The molecule has 0 saturated carbocycles. The first-order valence-corrected chi connectivity index (χ1v) is 11.3. The molecule has 8 heteroatoms. The quantitative estimate of drug-likeness (QED) is 0.430. The van der Waals surface area contributed by atoms with E-state index in [0.29, 0.717) is 30.2 Å². The summed E-state index contributed by atoms with van der Waals surface area (Å²) in [5.74, 6) is 0.489. The summed E-state index contributed by atoms with van der Waals surface area (Å²) in [6.45, 7) is 3.99. The Balaban J connectivity index is 1.40. The lowest BCUT2D eigenvalue weighted by Gasteiger charge is -2.19. The molecule has 7 nitrogen and oxygen atoms in total. The van der Waals surface area contributed by atoms with Gasteiger partial charge in [-0.25, -0.2) is 18.2 Å². The molecule has 1 aliphatic heterocycles.